The van der Waals surface area contributed by atoms with Crippen LogP contribution in [0.15, 0.2) is 0 Å². The van der Waals surface area contributed by atoms with Crippen molar-refractivity contribution in [1.82, 2.24) is 0 Å². The van der Waals surface area contributed by atoms with Crippen molar-refractivity contribution in [3.05, 3.63) is 0 Å². The quantitative estimate of drug-likeness (QED) is 0.388. The van der Waals surface area contributed by atoms with Gasteiger partial charge in [0.15, 0.2) is 0 Å². The maximum atomic E-state index is 10.8. The van der Waals surface area contributed by atoms with Crippen molar-refractivity contribution in [2.24, 2.45) is 5.41 Å². The van der Waals surface area contributed by atoms with Gasteiger partial charge in [0.1, 0.15) is 5.78 Å². The number of carbonyl (C=O) groups is 2. The van der Waals surface area contributed by atoms with Crippen LogP contribution in [0, 0.1) is 5.41 Å². The first-order chi connectivity index (χ1) is 8.22. The molecule has 0 spiro atoms. The fourth-order valence-corrected chi connectivity index (χ4v) is 1.37. The van der Waals surface area contributed by atoms with E-state index in [1.54, 1.807) is 0 Å². The van der Waals surface area contributed by atoms with Crippen LogP contribution in [0.5, 0.6) is 0 Å². The number of rotatable bonds is 7. The monoisotopic (exact) mass is 274 g/mol. The first kappa shape index (κ1) is 19.9. The van der Waals surface area contributed by atoms with Gasteiger partial charge in [-0.3, -0.25) is 4.79 Å². The molecule has 0 N–H and O–H groups in total. The van der Waals surface area contributed by atoms with E-state index in [0.29, 0.717) is 6.42 Å². The van der Waals surface area contributed by atoms with Crippen molar-refractivity contribution in [3.63, 3.8) is 0 Å². The van der Waals surface area contributed by atoms with Crippen molar-refractivity contribution in [1.29, 1.82) is 0 Å². The second-order valence-electron chi connectivity index (χ2n) is 4.83. The zero-order valence-electron chi connectivity index (χ0n) is 11.9. The normalized spacial score (nSPS) is 10.1. The van der Waals surface area contributed by atoms with E-state index in [1.807, 2.05) is 34.6 Å². The number of carboxylic acid groups (broad SMARTS) is 1. The van der Waals surface area contributed by atoms with Crippen molar-refractivity contribution in [2.75, 3.05) is 13.2 Å². The van der Waals surface area contributed by atoms with Gasteiger partial charge in [-0.05, 0) is 5.41 Å². The van der Waals surface area contributed by atoms with Gasteiger partial charge >= 0.3 is 50.5 Å². The third kappa shape index (κ3) is 20.9. The molecule has 0 amide bonds. The first-order valence-corrected chi connectivity index (χ1v) is 6.93. The van der Waals surface area contributed by atoms with Gasteiger partial charge in [-0.2, -0.15) is 0 Å². The van der Waals surface area contributed by atoms with Gasteiger partial charge in [0.05, 0.1) is 0 Å². The van der Waals surface area contributed by atoms with Crippen LogP contribution >= 0.6 is 0 Å². The molecular weight excluding hydrogens is 251 g/mol. The summed E-state index contributed by atoms with van der Waals surface area (Å²) < 4.78 is 9.87. The van der Waals surface area contributed by atoms with Crippen LogP contribution in [0.25, 0.3) is 0 Å². The summed E-state index contributed by atoms with van der Waals surface area (Å²) in [6.07, 6.45) is -0.168. The Bertz CT molecular complexity index is 231. The molecule has 0 saturated carbocycles. The van der Waals surface area contributed by atoms with Crippen LogP contribution in [-0.4, -0.2) is 40.9 Å². The van der Waals surface area contributed by atoms with Gasteiger partial charge in [0.25, 0.3) is 0 Å². The van der Waals surface area contributed by atoms with E-state index in [9.17, 15) is 14.7 Å². The summed E-state index contributed by atoms with van der Waals surface area (Å²) in [6, 6.07) is 0. The summed E-state index contributed by atoms with van der Waals surface area (Å²) in [4.78, 5) is 20.8. The number of aliphatic carboxylic acids is 1. The predicted molar refractivity (Wildman–Crippen MR) is 67.7 cm³/mol. The van der Waals surface area contributed by atoms with Crippen molar-refractivity contribution >= 4 is 27.6 Å². The third-order valence-corrected chi connectivity index (χ3v) is 2.48. The third-order valence-electron chi connectivity index (χ3n) is 1.54. The number of hydrogen-bond acceptors (Lipinski definition) is 5. The summed E-state index contributed by atoms with van der Waals surface area (Å²) in [5.41, 5.74) is -0.132. The van der Waals surface area contributed by atoms with Crippen LogP contribution in [0.4, 0.5) is 0 Å². The van der Waals surface area contributed by atoms with Gasteiger partial charge in [-0.25, -0.2) is 0 Å². The van der Waals surface area contributed by atoms with Crippen LogP contribution in [0.1, 0.15) is 47.5 Å². The predicted octanol–water partition coefficient (Wildman–Crippen LogP) is 0.725. The molecule has 0 atom stereocenters. The second-order valence-corrected chi connectivity index (χ2v) is 5.69. The van der Waals surface area contributed by atoms with E-state index in [-0.39, 0.29) is 27.1 Å². The van der Waals surface area contributed by atoms with Crippen LogP contribution in [0.3, 0.4) is 0 Å². The van der Waals surface area contributed by atoms with Gasteiger partial charge in [0.2, 0.25) is 0 Å². The number of hydrogen-bond donors (Lipinski definition) is 0. The molecule has 0 fully saturated rings. The molecular formula is C12H23AlO5. The van der Waals surface area contributed by atoms with Crippen LogP contribution in [-0.2, 0) is 17.2 Å². The fourth-order valence-electron chi connectivity index (χ4n) is 0.999. The molecule has 0 aliphatic heterocycles. The molecule has 0 aromatic heterocycles. The van der Waals surface area contributed by atoms with Crippen molar-refractivity contribution < 1.29 is 22.3 Å². The molecule has 5 nitrogen and oxygen atoms in total. The van der Waals surface area contributed by atoms with E-state index in [1.165, 1.54) is 0 Å². The molecule has 0 aliphatic carbocycles. The Morgan fingerprint density at radius 3 is 1.83 bits per heavy atom. The Morgan fingerprint density at radius 2 is 1.56 bits per heavy atom. The zero-order chi connectivity index (χ0) is 14.6. The number of carbonyl (C=O) groups excluding carboxylic acids is 2. The minimum atomic E-state index is -1.29. The van der Waals surface area contributed by atoms with Gasteiger partial charge in [-0.1, -0.05) is 20.8 Å². The fraction of sp³-hybridized carbons (Fsp3) is 0.833. The second kappa shape index (κ2) is 11.7. The van der Waals surface area contributed by atoms with Crippen molar-refractivity contribution in [2.45, 2.75) is 47.5 Å². The Kier molecular flexibility index (Phi) is 12.9. The molecule has 0 bridgehead atoms. The van der Waals surface area contributed by atoms with E-state index in [0.717, 1.165) is 13.2 Å². The Balaban J connectivity index is 0. The van der Waals surface area contributed by atoms with E-state index in [2.05, 4.69) is 0 Å². The average Bonchev–Trinajstić information content (AvgIpc) is 2.15. The maximum absolute atomic E-state index is 10.8. The first-order valence-electron chi connectivity index (χ1n) is 5.99. The Morgan fingerprint density at radius 1 is 1.11 bits per heavy atom. The molecule has 0 heterocycles. The molecule has 0 aromatic rings. The molecule has 0 radical (unpaired) electrons. The summed E-state index contributed by atoms with van der Waals surface area (Å²) in [5, 5.41) is 9.96. The molecule has 18 heavy (non-hydrogen) atoms. The minimum absolute atomic E-state index is 0.132. The average molecular weight is 274 g/mol. The van der Waals surface area contributed by atoms with E-state index < -0.39 is 12.4 Å². The molecule has 0 unspecified atom stereocenters. The molecule has 0 aliphatic rings. The van der Waals surface area contributed by atoms with Gasteiger partial charge in [0, 0.05) is 18.8 Å². The number of Topliss-reactive ketones (excluding diaryl/α,β-unsaturated/α-hetero) is 1. The molecule has 6 heteroatoms. The van der Waals surface area contributed by atoms with Gasteiger partial charge in [-0.15, -0.1) is 0 Å². The van der Waals surface area contributed by atoms with Gasteiger partial charge < -0.3 is 9.90 Å². The topological polar surface area (TPSA) is 75.7 Å². The Hall–Kier alpha value is -0.408. The van der Waals surface area contributed by atoms with E-state index in [4.69, 9.17) is 7.58 Å². The molecule has 104 valence electrons. The SMILES string of the molecule is CC(C)(C)CC(=O)CC(=O)[O-].CC[O][Al+][O]CC. The Labute approximate surface area is 116 Å². The molecule has 0 rings (SSSR count). The summed E-state index contributed by atoms with van der Waals surface area (Å²) in [7, 11) is 0. The summed E-state index contributed by atoms with van der Waals surface area (Å²) >= 11 is -0.178. The summed E-state index contributed by atoms with van der Waals surface area (Å²) in [6.45, 7) is 11.1. The van der Waals surface area contributed by atoms with E-state index >= 15 is 0 Å². The van der Waals surface area contributed by atoms with Crippen LogP contribution in [0.2, 0.25) is 0 Å². The number of ketones is 1. The summed E-state index contributed by atoms with van der Waals surface area (Å²) in [5.74, 6) is -1.56. The zero-order valence-corrected chi connectivity index (χ0v) is 13.1. The standard InChI is InChI=1S/C8H14O3.2C2H5O.Al/c1-8(2,3)5-6(9)4-7(10)11;2*1-2-3;/h4-5H2,1-3H3,(H,10,11);2*2H2,1H3;/q;2*-1;+3/p-1. The molecule has 0 saturated heterocycles. The molecule has 0 aromatic carbocycles. The number of carboxylic acids is 1. The van der Waals surface area contributed by atoms with Crippen molar-refractivity contribution in [3.8, 4) is 0 Å². The van der Waals surface area contributed by atoms with Crippen LogP contribution < -0.4 is 5.11 Å².